The molecular formula is C19H22N5O4S+. The monoisotopic (exact) mass is 416 g/mol. The number of anilines is 1. The van der Waals surface area contributed by atoms with E-state index in [0.29, 0.717) is 31.2 Å². The first kappa shape index (κ1) is 19.3. The molecule has 0 spiro atoms. The predicted molar refractivity (Wildman–Crippen MR) is 107 cm³/mol. The van der Waals surface area contributed by atoms with Crippen LogP contribution in [0, 0.1) is 0 Å². The van der Waals surface area contributed by atoms with Crippen molar-refractivity contribution in [1.82, 2.24) is 14.4 Å². The number of carbonyl (C=O) groups is 1. The van der Waals surface area contributed by atoms with E-state index in [1.165, 1.54) is 7.11 Å². The van der Waals surface area contributed by atoms with Crippen LogP contribution < -0.4 is 15.0 Å². The molecule has 152 valence electrons. The zero-order valence-corrected chi connectivity index (χ0v) is 16.8. The summed E-state index contributed by atoms with van der Waals surface area (Å²) in [5, 5.41) is 2.80. The molecule has 9 nitrogen and oxygen atoms in total. The second-order valence-corrected chi connectivity index (χ2v) is 9.23. The number of sulfone groups is 1. The van der Waals surface area contributed by atoms with Gasteiger partial charge in [0.15, 0.2) is 9.84 Å². The number of imidazole rings is 1. The van der Waals surface area contributed by atoms with Gasteiger partial charge in [-0.05, 0) is 24.3 Å². The van der Waals surface area contributed by atoms with Crippen LogP contribution in [0.25, 0.3) is 5.52 Å². The zero-order valence-electron chi connectivity index (χ0n) is 16.0. The average molecular weight is 416 g/mol. The second-order valence-electron chi connectivity index (χ2n) is 6.93. The Morgan fingerprint density at radius 1 is 1.24 bits per heavy atom. The van der Waals surface area contributed by atoms with Crippen molar-refractivity contribution in [2.45, 2.75) is 6.54 Å². The third kappa shape index (κ3) is 4.08. The Morgan fingerprint density at radius 3 is 2.79 bits per heavy atom. The molecule has 0 aliphatic carbocycles. The molecule has 0 saturated carbocycles. The molecule has 1 fully saturated rings. The first-order chi connectivity index (χ1) is 14.0. The van der Waals surface area contributed by atoms with Gasteiger partial charge in [0.1, 0.15) is 17.9 Å². The van der Waals surface area contributed by atoms with Gasteiger partial charge in [-0.1, -0.05) is 6.07 Å². The summed E-state index contributed by atoms with van der Waals surface area (Å²) >= 11 is 0. The van der Waals surface area contributed by atoms with Gasteiger partial charge in [0.05, 0.1) is 37.2 Å². The maximum absolute atomic E-state index is 12.9. The fraction of sp³-hybridized carbons (Fsp3) is 0.316. The summed E-state index contributed by atoms with van der Waals surface area (Å²) in [5.41, 5.74) is 2.06. The van der Waals surface area contributed by atoms with Crippen LogP contribution in [0.4, 0.5) is 5.69 Å². The Morgan fingerprint density at radius 2 is 2.03 bits per heavy atom. The molecular weight excluding hydrogens is 394 g/mol. The van der Waals surface area contributed by atoms with Crippen LogP contribution in [0.2, 0.25) is 0 Å². The van der Waals surface area contributed by atoms with Crippen molar-refractivity contribution < 1.29 is 22.8 Å². The Labute approximate surface area is 168 Å². The summed E-state index contributed by atoms with van der Waals surface area (Å²) in [4.78, 5) is 22.7. The van der Waals surface area contributed by atoms with Crippen LogP contribution in [0.1, 0.15) is 16.3 Å². The first-order valence-electron chi connectivity index (χ1n) is 9.27. The number of pyridine rings is 2. The van der Waals surface area contributed by atoms with E-state index in [4.69, 9.17) is 4.74 Å². The molecule has 3 aromatic heterocycles. The number of ether oxygens (including phenoxy) is 1. The van der Waals surface area contributed by atoms with Gasteiger partial charge in [-0.3, -0.25) is 9.20 Å². The smallest absolute Gasteiger partial charge is 0.292 e. The molecule has 29 heavy (non-hydrogen) atoms. The Hall–Kier alpha value is -2.98. The van der Waals surface area contributed by atoms with Gasteiger partial charge in [-0.15, -0.1) is 0 Å². The van der Waals surface area contributed by atoms with E-state index in [1.807, 2.05) is 18.2 Å². The largest absolute Gasteiger partial charge is 0.480 e. The van der Waals surface area contributed by atoms with Gasteiger partial charge in [-0.25, -0.2) is 18.4 Å². The first-order valence-corrected chi connectivity index (χ1v) is 11.1. The van der Waals surface area contributed by atoms with E-state index in [0.717, 1.165) is 16.1 Å². The molecule has 1 amide bonds. The second kappa shape index (κ2) is 7.80. The van der Waals surface area contributed by atoms with Crippen molar-refractivity contribution in [3.63, 3.8) is 0 Å². The number of hydrogen-bond acceptors (Lipinski definition) is 6. The zero-order chi connectivity index (χ0) is 20.4. The summed E-state index contributed by atoms with van der Waals surface area (Å²) in [6.07, 6.45) is 3.37. The molecule has 1 aliphatic heterocycles. The van der Waals surface area contributed by atoms with E-state index >= 15 is 0 Å². The molecule has 0 unspecified atom stereocenters. The summed E-state index contributed by atoms with van der Waals surface area (Å²) in [6.45, 7) is 1.65. The highest BCUT2D eigenvalue weighted by Gasteiger charge is 2.27. The minimum absolute atomic E-state index is 0.183. The number of hydrogen-bond donors (Lipinski definition) is 2. The Kier molecular flexibility index (Phi) is 5.20. The minimum Gasteiger partial charge on any atom is -0.480 e. The van der Waals surface area contributed by atoms with E-state index < -0.39 is 9.84 Å². The lowest BCUT2D eigenvalue weighted by atomic mass is 10.3. The van der Waals surface area contributed by atoms with Gasteiger partial charge in [0.25, 0.3) is 5.91 Å². The molecule has 4 rings (SSSR count). The lowest BCUT2D eigenvalue weighted by Crippen LogP contribution is -3.13. The normalized spacial score (nSPS) is 16.6. The molecule has 0 aromatic carbocycles. The Balaban J connectivity index is 1.61. The van der Waals surface area contributed by atoms with E-state index in [2.05, 4.69) is 15.3 Å². The molecule has 10 heteroatoms. The quantitative estimate of drug-likeness (QED) is 0.597. The van der Waals surface area contributed by atoms with Gasteiger partial charge in [0, 0.05) is 12.4 Å². The average Bonchev–Trinajstić information content (AvgIpc) is 3.09. The molecule has 4 heterocycles. The van der Waals surface area contributed by atoms with Crippen LogP contribution in [0.3, 0.4) is 0 Å². The van der Waals surface area contributed by atoms with Crippen molar-refractivity contribution in [3.8, 4) is 5.88 Å². The van der Waals surface area contributed by atoms with Crippen LogP contribution in [-0.2, 0) is 16.4 Å². The molecule has 2 N–H and O–H groups in total. The van der Waals surface area contributed by atoms with Crippen molar-refractivity contribution in [2.24, 2.45) is 0 Å². The molecule has 3 aromatic rings. The van der Waals surface area contributed by atoms with Gasteiger partial charge in [0.2, 0.25) is 11.7 Å². The molecule has 1 aliphatic rings. The number of methoxy groups -OCH3 is 1. The lowest BCUT2D eigenvalue weighted by Gasteiger charge is -2.22. The summed E-state index contributed by atoms with van der Waals surface area (Å²) in [6, 6.07) is 9.05. The minimum atomic E-state index is -2.93. The van der Waals surface area contributed by atoms with Gasteiger partial charge >= 0.3 is 0 Å². The number of quaternary nitrogens is 1. The van der Waals surface area contributed by atoms with Crippen molar-refractivity contribution in [3.05, 3.63) is 54.2 Å². The maximum atomic E-state index is 12.9. The maximum Gasteiger partial charge on any atom is 0.292 e. The number of rotatable bonds is 5. The third-order valence-corrected chi connectivity index (χ3v) is 6.64. The summed E-state index contributed by atoms with van der Waals surface area (Å²) in [7, 11) is -1.44. The fourth-order valence-electron chi connectivity index (χ4n) is 3.46. The van der Waals surface area contributed by atoms with E-state index in [9.17, 15) is 13.2 Å². The van der Waals surface area contributed by atoms with E-state index in [-0.39, 0.29) is 23.2 Å². The molecule has 0 atom stereocenters. The number of nitrogens with one attached hydrogen (secondary N) is 2. The molecule has 1 saturated heterocycles. The van der Waals surface area contributed by atoms with Crippen LogP contribution >= 0.6 is 0 Å². The van der Waals surface area contributed by atoms with E-state index in [1.54, 1.807) is 28.9 Å². The molecule has 0 bridgehead atoms. The standard InChI is InChI=1S/C19H21N5O4S/c1-28-19-14(5-4-7-20-19)22-18(25)17-21-15(16-6-2-3-8-24(16)17)13-23-9-11-29(26,27)12-10-23/h2-8H,9-13H2,1H3,(H,22,25)/p+1. The lowest BCUT2D eigenvalue weighted by molar-refractivity contribution is -0.910. The summed E-state index contributed by atoms with van der Waals surface area (Å²) in [5.74, 6) is 0.566. The van der Waals surface area contributed by atoms with Crippen molar-refractivity contribution >= 4 is 26.9 Å². The molecule has 0 radical (unpaired) electrons. The van der Waals surface area contributed by atoms with Crippen molar-refractivity contribution in [2.75, 3.05) is 37.0 Å². The number of carbonyl (C=O) groups excluding carboxylic acids is 1. The van der Waals surface area contributed by atoms with Crippen LogP contribution in [-0.4, -0.2) is 60.4 Å². The van der Waals surface area contributed by atoms with Crippen LogP contribution in [0.5, 0.6) is 5.88 Å². The van der Waals surface area contributed by atoms with Gasteiger partial charge < -0.3 is 15.0 Å². The number of aromatic nitrogens is 3. The predicted octanol–water partition coefficient (Wildman–Crippen LogP) is -0.196. The highest BCUT2D eigenvalue weighted by Crippen LogP contribution is 2.21. The number of fused-ring (bicyclic) bond motifs is 1. The highest BCUT2D eigenvalue weighted by molar-refractivity contribution is 7.91. The Bertz CT molecular complexity index is 1140. The number of nitrogens with zero attached hydrogens (tertiary/aromatic N) is 3. The third-order valence-electron chi connectivity index (χ3n) is 4.99. The van der Waals surface area contributed by atoms with Gasteiger partial charge in [-0.2, -0.15) is 0 Å². The topological polar surface area (TPSA) is 107 Å². The summed E-state index contributed by atoms with van der Waals surface area (Å²) < 4.78 is 30.3. The number of amides is 1. The van der Waals surface area contributed by atoms with Crippen molar-refractivity contribution in [1.29, 1.82) is 0 Å². The SMILES string of the molecule is COc1ncccc1NC(=O)c1nc(C[NH+]2CCS(=O)(=O)CC2)c2ccccn12. The highest BCUT2D eigenvalue weighted by atomic mass is 32.2. The fourth-order valence-corrected chi connectivity index (χ4v) is 4.86. The van der Waals surface area contributed by atoms with Crippen LogP contribution in [0.15, 0.2) is 42.7 Å².